The second-order valence-electron chi connectivity index (χ2n) is 5.85. The molecular weight excluding hydrogens is 264 g/mol. The lowest BCUT2D eigenvalue weighted by molar-refractivity contribution is -0.131. The summed E-state index contributed by atoms with van der Waals surface area (Å²) < 4.78 is 0. The van der Waals surface area contributed by atoms with Gasteiger partial charge in [0.05, 0.1) is 0 Å². The van der Waals surface area contributed by atoms with Gasteiger partial charge in [0.2, 0.25) is 0 Å². The second-order valence-corrected chi connectivity index (χ2v) is 5.85. The van der Waals surface area contributed by atoms with Crippen LogP contribution < -0.4 is 0 Å². The number of allylic oxidation sites excluding steroid dienone is 1. The highest BCUT2D eigenvalue weighted by Crippen LogP contribution is 2.12. The molecule has 0 saturated carbocycles. The SMILES string of the molecule is O=C(O)/C=C\CCCCCCCCCCCCCCCO. The van der Waals surface area contributed by atoms with E-state index in [2.05, 4.69) is 0 Å². The van der Waals surface area contributed by atoms with Crippen LogP contribution in [-0.2, 0) is 4.79 Å². The summed E-state index contributed by atoms with van der Waals surface area (Å²) in [6.45, 7) is 0.343. The first-order valence-corrected chi connectivity index (χ1v) is 8.77. The van der Waals surface area contributed by atoms with Gasteiger partial charge >= 0.3 is 5.97 Å². The monoisotopic (exact) mass is 298 g/mol. The highest BCUT2D eigenvalue weighted by molar-refractivity contribution is 5.79. The van der Waals surface area contributed by atoms with E-state index < -0.39 is 5.97 Å². The van der Waals surface area contributed by atoms with E-state index in [0.717, 1.165) is 19.3 Å². The number of rotatable bonds is 16. The number of aliphatic hydroxyl groups is 1. The molecule has 0 bridgehead atoms. The molecule has 3 heteroatoms. The maximum atomic E-state index is 10.3. The van der Waals surface area contributed by atoms with Crippen molar-refractivity contribution in [1.82, 2.24) is 0 Å². The van der Waals surface area contributed by atoms with Crippen LogP contribution in [0.4, 0.5) is 0 Å². The predicted octanol–water partition coefficient (Wildman–Crippen LogP) is 5.08. The second kappa shape index (κ2) is 17.2. The van der Waals surface area contributed by atoms with E-state index in [4.69, 9.17) is 10.2 Å². The van der Waals surface area contributed by atoms with Crippen LogP contribution in [0.15, 0.2) is 12.2 Å². The van der Waals surface area contributed by atoms with Gasteiger partial charge in [-0.25, -0.2) is 4.79 Å². The number of hydrogen-bond donors (Lipinski definition) is 2. The Kier molecular flexibility index (Phi) is 16.5. The molecule has 0 spiro atoms. The minimum absolute atomic E-state index is 0.343. The first-order chi connectivity index (χ1) is 10.3. The highest BCUT2D eigenvalue weighted by Gasteiger charge is 1.94. The molecule has 0 aliphatic rings. The number of unbranched alkanes of at least 4 members (excludes halogenated alkanes) is 13. The van der Waals surface area contributed by atoms with Gasteiger partial charge < -0.3 is 10.2 Å². The molecule has 21 heavy (non-hydrogen) atoms. The first-order valence-electron chi connectivity index (χ1n) is 8.77. The molecule has 0 aromatic heterocycles. The van der Waals surface area contributed by atoms with Crippen molar-refractivity contribution in [1.29, 1.82) is 0 Å². The number of hydrogen-bond acceptors (Lipinski definition) is 2. The maximum Gasteiger partial charge on any atom is 0.327 e. The Balaban J connectivity index is 3.01. The molecule has 0 atom stereocenters. The Morgan fingerprint density at radius 1 is 0.667 bits per heavy atom. The van der Waals surface area contributed by atoms with Gasteiger partial charge in [-0.15, -0.1) is 0 Å². The Morgan fingerprint density at radius 2 is 1.05 bits per heavy atom. The quantitative estimate of drug-likeness (QED) is 0.308. The van der Waals surface area contributed by atoms with E-state index in [1.807, 2.05) is 0 Å². The average Bonchev–Trinajstić information content (AvgIpc) is 2.46. The molecule has 124 valence electrons. The van der Waals surface area contributed by atoms with E-state index in [9.17, 15) is 4.79 Å². The molecule has 0 amide bonds. The van der Waals surface area contributed by atoms with Crippen LogP contribution in [0.5, 0.6) is 0 Å². The summed E-state index contributed by atoms with van der Waals surface area (Å²) in [4.78, 5) is 10.3. The van der Waals surface area contributed by atoms with Gasteiger partial charge in [0, 0.05) is 12.7 Å². The van der Waals surface area contributed by atoms with Gasteiger partial charge in [0.25, 0.3) is 0 Å². The predicted molar refractivity (Wildman–Crippen MR) is 88.5 cm³/mol. The van der Waals surface area contributed by atoms with Crippen LogP contribution >= 0.6 is 0 Å². The van der Waals surface area contributed by atoms with Gasteiger partial charge in [0.15, 0.2) is 0 Å². The third-order valence-electron chi connectivity index (χ3n) is 3.79. The molecule has 0 aliphatic carbocycles. The van der Waals surface area contributed by atoms with Crippen LogP contribution in [0.25, 0.3) is 0 Å². The standard InChI is InChI=1S/C18H34O3/c19-17-15-13-11-9-7-5-3-1-2-4-6-8-10-12-14-16-18(20)21/h14,16,19H,1-13,15,17H2,(H,20,21)/b16-14-. The Bertz CT molecular complexity index is 249. The van der Waals surface area contributed by atoms with Crippen molar-refractivity contribution in [2.75, 3.05) is 6.61 Å². The summed E-state index contributed by atoms with van der Waals surface area (Å²) in [5.74, 6) is -0.844. The molecule has 0 radical (unpaired) electrons. The van der Waals surface area contributed by atoms with Crippen LogP contribution in [0, 0.1) is 0 Å². The Hall–Kier alpha value is -0.830. The number of aliphatic carboxylic acids is 1. The lowest BCUT2D eigenvalue weighted by Gasteiger charge is -2.02. The van der Waals surface area contributed by atoms with Crippen LogP contribution in [-0.4, -0.2) is 22.8 Å². The number of carboxylic acids is 1. The van der Waals surface area contributed by atoms with Crippen molar-refractivity contribution >= 4 is 5.97 Å². The van der Waals surface area contributed by atoms with E-state index in [1.165, 1.54) is 76.7 Å². The van der Waals surface area contributed by atoms with E-state index in [0.29, 0.717) is 6.61 Å². The zero-order chi connectivity index (χ0) is 15.6. The van der Waals surface area contributed by atoms with Crippen molar-refractivity contribution in [3.05, 3.63) is 12.2 Å². The van der Waals surface area contributed by atoms with E-state index >= 15 is 0 Å². The summed E-state index contributed by atoms with van der Waals surface area (Å²) in [7, 11) is 0. The zero-order valence-corrected chi connectivity index (χ0v) is 13.6. The summed E-state index contributed by atoms with van der Waals surface area (Å²) >= 11 is 0. The topological polar surface area (TPSA) is 57.5 Å². The molecule has 0 rings (SSSR count). The van der Waals surface area contributed by atoms with Crippen molar-refractivity contribution in [3.63, 3.8) is 0 Å². The maximum absolute atomic E-state index is 10.3. The molecule has 0 aromatic carbocycles. The molecule has 0 aromatic rings. The number of carbonyl (C=O) groups is 1. The lowest BCUT2D eigenvalue weighted by Crippen LogP contribution is -1.86. The fourth-order valence-corrected chi connectivity index (χ4v) is 2.50. The molecule has 2 N–H and O–H groups in total. The smallest absolute Gasteiger partial charge is 0.327 e. The normalized spacial score (nSPS) is 11.3. The van der Waals surface area contributed by atoms with Crippen LogP contribution in [0.3, 0.4) is 0 Å². The molecule has 0 aliphatic heterocycles. The molecule has 0 heterocycles. The molecule has 0 saturated heterocycles. The van der Waals surface area contributed by atoms with Crippen molar-refractivity contribution in [3.8, 4) is 0 Å². The molecular formula is C18H34O3. The van der Waals surface area contributed by atoms with Gasteiger partial charge in [-0.05, 0) is 19.3 Å². The van der Waals surface area contributed by atoms with Gasteiger partial charge in [-0.1, -0.05) is 76.7 Å². The lowest BCUT2D eigenvalue weighted by atomic mass is 10.0. The first kappa shape index (κ1) is 20.2. The largest absolute Gasteiger partial charge is 0.478 e. The fourth-order valence-electron chi connectivity index (χ4n) is 2.50. The van der Waals surface area contributed by atoms with E-state index in [1.54, 1.807) is 6.08 Å². The van der Waals surface area contributed by atoms with Crippen molar-refractivity contribution in [2.45, 2.75) is 89.9 Å². The molecule has 0 fully saturated rings. The Labute approximate surface area is 130 Å². The fraction of sp³-hybridized carbons (Fsp3) is 0.833. The van der Waals surface area contributed by atoms with Crippen LogP contribution in [0.2, 0.25) is 0 Å². The molecule has 3 nitrogen and oxygen atoms in total. The van der Waals surface area contributed by atoms with Crippen LogP contribution in [0.1, 0.15) is 89.9 Å². The van der Waals surface area contributed by atoms with E-state index in [-0.39, 0.29) is 0 Å². The number of aliphatic hydroxyl groups excluding tert-OH is 1. The minimum atomic E-state index is -0.844. The summed E-state index contributed by atoms with van der Waals surface area (Å²) in [6.07, 6.45) is 20.3. The summed E-state index contributed by atoms with van der Waals surface area (Å²) in [5, 5.41) is 17.1. The van der Waals surface area contributed by atoms with Gasteiger partial charge in [0.1, 0.15) is 0 Å². The zero-order valence-electron chi connectivity index (χ0n) is 13.6. The highest BCUT2D eigenvalue weighted by atomic mass is 16.4. The summed E-state index contributed by atoms with van der Waals surface area (Å²) in [6, 6.07) is 0. The van der Waals surface area contributed by atoms with Crippen molar-refractivity contribution in [2.24, 2.45) is 0 Å². The van der Waals surface area contributed by atoms with Gasteiger partial charge in [-0.3, -0.25) is 0 Å². The summed E-state index contributed by atoms with van der Waals surface area (Å²) in [5.41, 5.74) is 0. The number of carboxylic acid groups (broad SMARTS) is 1. The van der Waals surface area contributed by atoms with Gasteiger partial charge in [-0.2, -0.15) is 0 Å². The third kappa shape index (κ3) is 19.2. The Morgan fingerprint density at radius 3 is 1.43 bits per heavy atom. The minimum Gasteiger partial charge on any atom is -0.478 e. The molecule has 0 unspecified atom stereocenters. The third-order valence-corrected chi connectivity index (χ3v) is 3.79. The average molecular weight is 298 g/mol. The van der Waals surface area contributed by atoms with Crippen molar-refractivity contribution < 1.29 is 15.0 Å².